The Morgan fingerprint density at radius 3 is 2.74 bits per heavy atom. The third kappa shape index (κ3) is 4.06. The van der Waals surface area contributed by atoms with Gasteiger partial charge in [0.25, 0.3) is 5.91 Å². The van der Waals surface area contributed by atoms with Gasteiger partial charge in [-0.15, -0.1) is 11.3 Å². The van der Waals surface area contributed by atoms with E-state index in [0.29, 0.717) is 5.88 Å². The molecule has 0 radical (unpaired) electrons. The Kier molecular flexibility index (Phi) is 4.72. The summed E-state index contributed by atoms with van der Waals surface area (Å²) in [4.78, 5) is 32.8. The Morgan fingerprint density at radius 2 is 2.00 bits per heavy atom. The zero-order chi connectivity index (χ0) is 18.8. The zero-order valence-electron chi connectivity index (χ0n) is 14.7. The van der Waals surface area contributed by atoms with Crippen LogP contribution in [0.4, 0.5) is 4.79 Å². The lowest BCUT2D eigenvalue weighted by molar-refractivity contribution is -0.122. The molecule has 1 saturated carbocycles. The molecule has 138 valence electrons. The largest absolute Gasteiger partial charge is 0.467 e. The number of carbonyl (C=O) groups is 2. The van der Waals surface area contributed by atoms with E-state index in [4.69, 9.17) is 4.74 Å². The van der Waals surface area contributed by atoms with Crippen LogP contribution in [0.5, 0.6) is 5.88 Å². The van der Waals surface area contributed by atoms with Gasteiger partial charge in [0.15, 0.2) is 6.61 Å². The maximum absolute atomic E-state index is 12.0. The predicted molar refractivity (Wildman–Crippen MR) is 103 cm³/mol. The van der Waals surface area contributed by atoms with E-state index in [-0.39, 0.29) is 12.6 Å². The number of ether oxygens (including phenoxy) is 1. The number of imide groups is 1. The van der Waals surface area contributed by atoms with Crippen molar-refractivity contribution in [1.29, 1.82) is 0 Å². The molecule has 3 aromatic rings. The van der Waals surface area contributed by atoms with E-state index in [0.717, 1.165) is 34.2 Å². The molecular formula is C19H18N4O3S. The van der Waals surface area contributed by atoms with Gasteiger partial charge in [0.2, 0.25) is 5.88 Å². The average molecular weight is 382 g/mol. The minimum Gasteiger partial charge on any atom is -0.467 e. The van der Waals surface area contributed by atoms with Gasteiger partial charge in [-0.1, -0.05) is 29.8 Å². The van der Waals surface area contributed by atoms with Crippen molar-refractivity contribution >= 4 is 33.5 Å². The van der Waals surface area contributed by atoms with E-state index in [9.17, 15) is 9.59 Å². The van der Waals surface area contributed by atoms with Crippen LogP contribution in [0, 0.1) is 6.92 Å². The van der Waals surface area contributed by atoms with Crippen LogP contribution in [-0.2, 0) is 4.79 Å². The Balaban J connectivity index is 1.51. The number of nitrogens with one attached hydrogen (secondary N) is 2. The second-order valence-corrected chi connectivity index (χ2v) is 7.32. The summed E-state index contributed by atoms with van der Waals surface area (Å²) in [6.07, 6.45) is 3.32. The highest BCUT2D eigenvalue weighted by molar-refractivity contribution is 7.17. The van der Waals surface area contributed by atoms with E-state index in [1.165, 1.54) is 23.2 Å². The number of urea groups is 1. The summed E-state index contributed by atoms with van der Waals surface area (Å²) in [6, 6.07) is 7.83. The molecule has 27 heavy (non-hydrogen) atoms. The van der Waals surface area contributed by atoms with Crippen LogP contribution in [0.25, 0.3) is 21.3 Å². The molecule has 0 bridgehead atoms. The summed E-state index contributed by atoms with van der Waals surface area (Å²) < 4.78 is 5.61. The highest BCUT2D eigenvalue weighted by atomic mass is 32.1. The van der Waals surface area contributed by atoms with Crippen molar-refractivity contribution in [2.24, 2.45) is 0 Å². The summed E-state index contributed by atoms with van der Waals surface area (Å²) in [5, 5.41) is 7.72. The molecule has 2 N–H and O–H groups in total. The van der Waals surface area contributed by atoms with E-state index < -0.39 is 11.9 Å². The van der Waals surface area contributed by atoms with Crippen molar-refractivity contribution in [2.75, 3.05) is 6.61 Å². The third-order valence-corrected chi connectivity index (χ3v) is 5.09. The summed E-state index contributed by atoms with van der Waals surface area (Å²) in [7, 11) is 0. The highest BCUT2D eigenvalue weighted by Gasteiger charge is 2.24. The second-order valence-electron chi connectivity index (χ2n) is 6.46. The molecule has 3 amide bonds. The smallest absolute Gasteiger partial charge is 0.321 e. The normalized spacial score (nSPS) is 13.4. The van der Waals surface area contributed by atoms with E-state index in [1.807, 2.05) is 36.6 Å². The number of aryl methyl sites for hydroxylation is 1. The first kappa shape index (κ1) is 17.4. The van der Waals surface area contributed by atoms with E-state index in [2.05, 4.69) is 20.6 Å². The molecular weight excluding hydrogens is 364 g/mol. The number of amides is 3. The predicted octanol–water partition coefficient (Wildman–Crippen LogP) is 3.03. The molecule has 0 saturated heterocycles. The van der Waals surface area contributed by atoms with Gasteiger partial charge < -0.3 is 10.1 Å². The quantitative estimate of drug-likeness (QED) is 0.707. The molecule has 1 aliphatic carbocycles. The number of aromatic nitrogens is 2. The molecule has 0 unspecified atom stereocenters. The van der Waals surface area contributed by atoms with Crippen LogP contribution in [0.15, 0.2) is 36.0 Å². The number of thiophene rings is 1. The van der Waals surface area contributed by atoms with Crippen molar-refractivity contribution in [2.45, 2.75) is 25.8 Å². The third-order valence-electron chi connectivity index (χ3n) is 4.20. The van der Waals surface area contributed by atoms with Crippen molar-refractivity contribution in [3.05, 3.63) is 41.5 Å². The van der Waals surface area contributed by atoms with Gasteiger partial charge in [0.05, 0.1) is 5.39 Å². The van der Waals surface area contributed by atoms with E-state index >= 15 is 0 Å². The molecule has 1 aliphatic rings. The average Bonchev–Trinajstić information content (AvgIpc) is 3.35. The standard InChI is InChI=1S/C19H18N4O3S/c1-11-2-4-12(5-3-11)14-9-27-18-16(14)17(20-10-21-18)26-8-15(24)23-19(25)22-13-6-7-13/h2-5,9-10,13H,6-8H2,1H3,(H2,22,23,24,25). The molecule has 0 spiro atoms. The number of fused-ring (bicyclic) bond motifs is 1. The fourth-order valence-corrected chi connectivity index (χ4v) is 3.55. The van der Waals surface area contributed by atoms with Crippen molar-refractivity contribution in [1.82, 2.24) is 20.6 Å². The number of benzene rings is 1. The summed E-state index contributed by atoms with van der Waals surface area (Å²) in [6.45, 7) is 1.73. The van der Waals surface area contributed by atoms with Gasteiger partial charge in [-0.05, 0) is 25.3 Å². The van der Waals surface area contributed by atoms with Gasteiger partial charge in [-0.25, -0.2) is 14.8 Å². The topological polar surface area (TPSA) is 93.2 Å². The van der Waals surface area contributed by atoms with Crippen LogP contribution in [0.3, 0.4) is 0 Å². The van der Waals surface area contributed by atoms with Gasteiger partial charge in [0, 0.05) is 17.0 Å². The van der Waals surface area contributed by atoms with E-state index in [1.54, 1.807) is 0 Å². The molecule has 7 nitrogen and oxygen atoms in total. The summed E-state index contributed by atoms with van der Waals surface area (Å²) >= 11 is 1.49. The molecule has 1 aromatic carbocycles. The van der Waals surface area contributed by atoms with Gasteiger partial charge in [-0.3, -0.25) is 10.1 Å². The summed E-state index contributed by atoms with van der Waals surface area (Å²) in [5.74, 6) is -0.193. The SMILES string of the molecule is Cc1ccc(-c2csc3ncnc(OCC(=O)NC(=O)NC4CC4)c23)cc1. The van der Waals surface area contributed by atoms with Crippen LogP contribution in [0.1, 0.15) is 18.4 Å². The number of hydrogen-bond donors (Lipinski definition) is 2. The van der Waals surface area contributed by atoms with Crippen LogP contribution in [0.2, 0.25) is 0 Å². The first-order valence-corrected chi connectivity index (χ1v) is 9.50. The monoisotopic (exact) mass is 382 g/mol. The van der Waals surface area contributed by atoms with Gasteiger partial charge >= 0.3 is 6.03 Å². The number of rotatable bonds is 5. The first-order valence-electron chi connectivity index (χ1n) is 8.62. The van der Waals surface area contributed by atoms with Crippen LogP contribution in [-0.4, -0.2) is 34.6 Å². The molecule has 1 fully saturated rings. The lowest BCUT2D eigenvalue weighted by atomic mass is 10.0. The second kappa shape index (κ2) is 7.32. The number of hydrogen-bond acceptors (Lipinski definition) is 6. The Labute approximate surface area is 159 Å². The molecule has 8 heteroatoms. The van der Waals surface area contributed by atoms with Gasteiger partial charge in [0.1, 0.15) is 11.2 Å². The Bertz CT molecular complexity index is 996. The molecule has 0 aliphatic heterocycles. The molecule has 0 atom stereocenters. The maximum atomic E-state index is 12.0. The zero-order valence-corrected chi connectivity index (χ0v) is 15.5. The lowest BCUT2D eigenvalue weighted by Crippen LogP contribution is -2.42. The highest BCUT2D eigenvalue weighted by Crippen LogP contribution is 2.37. The van der Waals surface area contributed by atoms with Crippen molar-refractivity contribution < 1.29 is 14.3 Å². The minimum absolute atomic E-state index is 0.183. The molecule has 4 rings (SSSR count). The lowest BCUT2D eigenvalue weighted by Gasteiger charge is -2.09. The molecule has 2 heterocycles. The van der Waals surface area contributed by atoms with Crippen molar-refractivity contribution in [3.8, 4) is 17.0 Å². The van der Waals surface area contributed by atoms with Crippen LogP contribution >= 0.6 is 11.3 Å². The number of nitrogens with zero attached hydrogens (tertiary/aromatic N) is 2. The minimum atomic E-state index is -0.521. The Morgan fingerprint density at radius 1 is 1.22 bits per heavy atom. The molecule has 2 aromatic heterocycles. The Hall–Kier alpha value is -3.00. The fourth-order valence-electron chi connectivity index (χ4n) is 2.65. The fraction of sp³-hybridized carbons (Fsp3) is 0.263. The number of carbonyl (C=O) groups excluding carboxylic acids is 2. The maximum Gasteiger partial charge on any atom is 0.321 e. The van der Waals surface area contributed by atoms with Gasteiger partial charge in [-0.2, -0.15) is 0 Å². The van der Waals surface area contributed by atoms with Crippen LogP contribution < -0.4 is 15.4 Å². The first-order chi connectivity index (χ1) is 13.1. The van der Waals surface area contributed by atoms with Crippen molar-refractivity contribution in [3.63, 3.8) is 0 Å². The summed E-state index contributed by atoms with van der Waals surface area (Å²) in [5.41, 5.74) is 3.16.